The number of carboxylic acid groups (broad SMARTS) is 1. The zero-order valence-corrected chi connectivity index (χ0v) is 10.3. The molecular formula is C14H13NO4. The highest BCUT2D eigenvalue weighted by Crippen LogP contribution is 2.37. The molecule has 5 heteroatoms. The van der Waals surface area contributed by atoms with Gasteiger partial charge >= 0.3 is 5.97 Å². The molecule has 1 aromatic carbocycles. The summed E-state index contributed by atoms with van der Waals surface area (Å²) in [6.07, 6.45) is 3.00. The molecule has 0 aliphatic heterocycles. The van der Waals surface area contributed by atoms with Gasteiger partial charge in [-0.25, -0.2) is 0 Å². The van der Waals surface area contributed by atoms with Crippen molar-refractivity contribution >= 4 is 27.9 Å². The topological polar surface area (TPSA) is 89.6 Å². The van der Waals surface area contributed by atoms with Crippen LogP contribution in [-0.4, -0.2) is 11.1 Å². The predicted molar refractivity (Wildman–Crippen MR) is 69.9 cm³/mol. The molecule has 0 bridgehead atoms. The van der Waals surface area contributed by atoms with Crippen LogP contribution >= 0.6 is 0 Å². The lowest BCUT2D eigenvalue weighted by molar-refractivity contribution is -0.137. The van der Waals surface area contributed by atoms with Gasteiger partial charge in [0.05, 0.1) is 18.9 Å². The number of rotatable bonds is 3. The fourth-order valence-electron chi connectivity index (χ4n) is 2.53. The predicted octanol–water partition coefficient (Wildman–Crippen LogP) is 2.96. The average Bonchev–Trinajstić information content (AvgIpc) is 2.96. The Labute approximate surface area is 108 Å². The van der Waals surface area contributed by atoms with Gasteiger partial charge in [-0.3, -0.25) is 4.79 Å². The average molecular weight is 259 g/mol. The van der Waals surface area contributed by atoms with Crippen molar-refractivity contribution in [2.24, 2.45) is 5.73 Å². The standard InChI is InChI=1S/C14H13NO4/c1-7-8-2-4-19-14(8)12(10(15)6-11(16)17)9-3-5-18-13(7)9/h2-5,10H,6,15H2,1H3,(H,16,17). The molecule has 0 saturated heterocycles. The molecule has 2 aromatic heterocycles. The third kappa shape index (κ3) is 1.70. The second-order valence-corrected chi connectivity index (χ2v) is 4.57. The van der Waals surface area contributed by atoms with Crippen LogP contribution in [0, 0.1) is 6.92 Å². The normalized spacial score (nSPS) is 13.2. The van der Waals surface area contributed by atoms with Gasteiger partial charge in [-0.05, 0) is 19.1 Å². The van der Waals surface area contributed by atoms with Gasteiger partial charge in [-0.2, -0.15) is 0 Å². The molecule has 98 valence electrons. The Morgan fingerprint density at radius 2 is 1.89 bits per heavy atom. The van der Waals surface area contributed by atoms with Crippen molar-refractivity contribution in [1.29, 1.82) is 0 Å². The highest BCUT2D eigenvalue weighted by molar-refractivity contribution is 6.01. The Morgan fingerprint density at radius 3 is 2.58 bits per heavy atom. The maximum Gasteiger partial charge on any atom is 0.305 e. The second-order valence-electron chi connectivity index (χ2n) is 4.57. The first-order valence-electron chi connectivity index (χ1n) is 5.94. The van der Waals surface area contributed by atoms with Crippen molar-refractivity contribution in [2.45, 2.75) is 19.4 Å². The van der Waals surface area contributed by atoms with Gasteiger partial charge in [0.1, 0.15) is 11.2 Å². The maximum absolute atomic E-state index is 10.9. The molecule has 0 fully saturated rings. The Bertz CT molecular complexity index is 717. The molecule has 3 rings (SSSR count). The zero-order chi connectivity index (χ0) is 13.6. The van der Waals surface area contributed by atoms with Crippen LogP contribution in [0.15, 0.2) is 33.5 Å². The second kappa shape index (κ2) is 4.13. The van der Waals surface area contributed by atoms with E-state index in [1.54, 1.807) is 18.6 Å². The third-order valence-electron chi connectivity index (χ3n) is 3.38. The van der Waals surface area contributed by atoms with Crippen molar-refractivity contribution in [2.75, 3.05) is 0 Å². The Hall–Kier alpha value is -2.27. The number of furan rings is 2. The first-order chi connectivity index (χ1) is 9.09. The van der Waals surface area contributed by atoms with Gasteiger partial charge in [0.15, 0.2) is 0 Å². The molecule has 3 N–H and O–H groups in total. The zero-order valence-electron chi connectivity index (χ0n) is 10.3. The van der Waals surface area contributed by atoms with Crippen LogP contribution in [-0.2, 0) is 4.79 Å². The van der Waals surface area contributed by atoms with Crippen LogP contribution in [0.25, 0.3) is 21.9 Å². The van der Waals surface area contributed by atoms with E-state index in [-0.39, 0.29) is 6.42 Å². The van der Waals surface area contributed by atoms with E-state index in [0.29, 0.717) is 11.1 Å². The summed E-state index contributed by atoms with van der Waals surface area (Å²) < 4.78 is 11.0. The van der Waals surface area contributed by atoms with Gasteiger partial charge in [-0.15, -0.1) is 0 Å². The molecule has 0 radical (unpaired) electrons. The first kappa shape index (κ1) is 11.8. The van der Waals surface area contributed by atoms with E-state index in [9.17, 15) is 4.79 Å². The van der Waals surface area contributed by atoms with Gasteiger partial charge < -0.3 is 19.7 Å². The van der Waals surface area contributed by atoms with Crippen LogP contribution in [0.5, 0.6) is 0 Å². The number of benzene rings is 1. The molecule has 1 atom stereocenters. The van der Waals surface area contributed by atoms with E-state index >= 15 is 0 Å². The highest BCUT2D eigenvalue weighted by atomic mass is 16.4. The van der Waals surface area contributed by atoms with Gasteiger partial charge in [-0.1, -0.05) is 0 Å². The Balaban J connectivity index is 2.35. The van der Waals surface area contributed by atoms with E-state index in [1.165, 1.54) is 0 Å². The number of hydrogen-bond acceptors (Lipinski definition) is 4. The number of hydrogen-bond donors (Lipinski definition) is 2. The summed E-state index contributed by atoms with van der Waals surface area (Å²) in [6.45, 7) is 1.94. The Morgan fingerprint density at radius 1 is 1.26 bits per heavy atom. The fraction of sp³-hybridized carbons (Fsp3) is 0.214. The quantitative estimate of drug-likeness (QED) is 0.754. The SMILES string of the molecule is Cc1c2ccoc2c(C(N)CC(=O)O)c2ccoc12. The van der Waals surface area contributed by atoms with E-state index in [0.717, 1.165) is 21.9 Å². The summed E-state index contributed by atoms with van der Waals surface area (Å²) in [7, 11) is 0. The largest absolute Gasteiger partial charge is 0.481 e. The summed E-state index contributed by atoms with van der Waals surface area (Å²) in [5.41, 5.74) is 9.04. The molecule has 3 aromatic rings. The molecule has 0 saturated carbocycles. The van der Waals surface area contributed by atoms with Crippen molar-refractivity contribution in [3.05, 3.63) is 35.8 Å². The molecule has 5 nitrogen and oxygen atoms in total. The van der Waals surface area contributed by atoms with Crippen LogP contribution in [0.3, 0.4) is 0 Å². The number of carboxylic acids is 1. The van der Waals surface area contributed by atoms with Crippen LogP contribution < -0.4 is 5.73 Å². The van der Waals surface area contributed by atoms with E-state index < -0.39 is 12.0 Å². The van der Waals surface area contributed by atoms with E-state index in [1.807, 2.05) is 13.0 Å². The van der Waals surface area contributed by atoms with Gasteiger partial charge in [0, 0.05) is 27.9 Å². The summed E-state index contributed by atoms with van der Waals surface area (Å²) in [4.78, 5) is 10.9. The summed E-state index contributed by atoms with van der Waals surface area (Å²) >= 11 is 0. The summed E-state index contributed by atoms with van der Waals surface area (Å²) in [5, 5.41) is 10.6. The van der Waals surface area contributed by atoms with E-state index in [2.05, 4.69) is 0 Å². The smallest absolute Gasteiger partial charge is 0.305 e. The van der Waals surface area contributed by atoms with Crippen LogP contribution in [0.4, 0.5) is 0 Å². The molecular weight excluding hydrogens is 246 g/mol. The minimum Gasteiger partial charge on any atom is -0.481 e. The minimum absolute atomic E-state index is 0.154. The van der Waals surface area contributed by atoms with Crippen LogP contribution in [0.2, 0.25) is 0 Å². The van der Waals surface area contributed by atoms with Gasteiger partial charge in [0.2, 0.25) is 0 Å². The number of nitrogens with two attached hydrogens (primary N) is 1. The van der Waals surface area contributed by atoms with Crippen molar-refractivity contribution in [1.82, 2.24) is 0 Å². The number of aryl methyl sites for hydroxylation is 1. The fourth-order valence-corrected chi connectivity index (χ4v) is 2.53. The number of carbonyl (C=O) groups is 1. The van der Waals surface area contributed by atoms with Crippen molar-refractivity contribution in [3.63, 3.8) is 0 Å². The van der Waals surface area contributed by atoms with Crippen molar-refractivity contribution in [3.8, 4) is 0 Å². The Kier molecular flexibility index (Phi) is 2.57. The van der Waals surface area contributed by atoms with Crippen molar-refractivity contribution < 1.29 is 18.7 Å². The lowest BCUT2D eigenvalue weighted by Gasteiger charge is -2.12. The van der Waals surface area contributed by atoms with E-state index in [4.69, 9.17) is 19.7 Å². The molecule has 1 unspecified atom stereocenters. The molecule has 0 amide bonds. The van der Waals surface area contributed by atoms with Gasteiger partial charge in [0.25, 0.3) is 0 Å². The molecule has 0 spiro atoms. The third-order valence-corrected chi connectivity index (χ3v) is 3.38. The molecule has 2 heterocycles. The summed E-state index contributed by atoms with van der Waals surface area (Å²) in [6, 6.07) is 3.00. The highest BCUT2D eigenvalue weighted by Gasteiger charge is 2.22. The van der Waals surface area contributed by atoms with Crippen LogP contribution in [0.1, 0.15) is 23.6 Å². The number of aliphatic carboxylic acids is 1. The lowest BCUT2D eigenvalue weighted by atomic mass is 9.96. The molecule has 19 heavy (non-hydrogen) atoms. The molecule has 0 aliphatic rings. The maximum atomic E-state index is 10.9. The molecule has 0 aliphatic carbocycles. The monoisotopic (exact) mass is 259 g/mol. The lowest BCUT2D eigenvalue weighted by Crippen LogP contribution is -2.15. The minimum atomic E-state index is -0.940. The first-order valence-corrected chi connectivity index (χ1v) is 5.94. The summed E-state index contributed by atoms with van der Waals surface area (Å²) in [5.74, 6) is -0.940. The number of fused-ring (bicyclic) bond motifs is 2.